The standard InChI is InChI=1S/C24H17N3O9/c1-33-20-9-15-14-4-2-3-5-18(14)35-19(15)10-16(20)25-22(28)12-34-23(29)11-26-17-7-6-13(27(31)32)8-21(17)36-24(26)30/h2-10H,11-12H2,1H3,(H,25,28). The molecule has 2 aromatic heterocycles. The number of aromatic nitrogens is 1. The van der Waals surface area contributed by atoms with Crippen molar-refractivity contribution in [2.75, 3.05) is 19.0 Å². The van der Waals surface area contributed by atoms with Crippen LogP contribution >= 0.6 is 0 Å². The molecule has 0 aliphatic heterocycles. The number of carbonyl (C=O) groups excluding carboxylic acids is 2. The van der Waals surface area contributed by atoms with Crippen molar-refractivity contribution in [2.45, 2.75) is 6.54 Å². The van der Waals surface area contributed by atoms with Crippen molar-refractivity contribution < 1.29 is 32.8 Å². The molecule has 5 aromatic rings. The Balaban J connectivity index is 1.27. The van der Waals surface area contributed by atoms with Crippen molar-refractivity contribution in [3.63, 3.8) is 0 Å². The predicted octanol–water partition coefficient (Wildman–Crippen LogP) is 3.59. The highest BCUT2D eigenvalue weighted by Gasteiger charge is 2.18. The monoisotopic (exact) mass is 491 g/mol. The van der Waals surface area contributed by atoms with E-state index in [0.717, 1.165) is 21.4 Å². The second-order valence-electron chi connectivity index (χ2n) is 7.72. The topological polar surface area (TPSA) is 156 Å². The average Bonchev–Trinajstić information content (AvgIpc) is 3.38. The largest absolute Gasteiger partial charge is 0.495 e. The van der Waals surface area contributed by atoms with E-state index in [2.05, 4.69) is 5.32 Å². The number of hydrogen-bond acceptors (Lipinski definition) is 9. The third kappa shape index (κ3) is 4.11. The zero-order valence-electron chi connectivity index (χ0n) is 18.7. The summed E-state index contributed by atoms with van der Waals surface area (Å²) in [7, 11) is 1.46. The summed E-state index contributed by atoms with van der Waals surface area (Å²) in [6.45, 7) is -1.18. The molecule has 5 rings (SSSR count). The number of methoxy groups -OCH3 is 1. The van der Waals surface area contributed by atoms with Crippen LogP contribution in [0.5, 0.6) is 5.75 Å². The quantitative estimate of drug-likeness (QED) is 0.204. The SMILES string of the molecule is COc1cc2c(cc1NC(=O)COC(=O)Cn1c(=O)oc3cc([N+](=O)[O-])ccc31)oc1ccccc12. The highest BCUT2D eigenvalue weighted by atomic mass is 16.6. The molecule has 12 nitrogen and oxygen atoms in total. The Hall–Kier alpha value is -5.13. The molecule has 0 spiro atoms. The maximum atomic E-state index is 12.5. The number of nitrogens with one attached hydrogen (secondary N) is 1. The number of oxazole rings is 1. The number of nitrogens with zero attached hydrogens (tertiary/aromatic N) is 2. The molecule has 1 amide bonds. The third-order valence-electron chi connectivity index (χ3n) is 5.49. The number of carbonyl (C=O) groups is 2. The summed E-state index contributed by atoms with van der Waals surface area (Å²) in [6.07, 6.45) is 0. The first-order chi connectivity index (χ1) is 17.3. The molecule has 0 bridgehead atoms. The molecule has 1 N–H and O–H groups in total. The van der Waals surface area contributed by atoms with Gasteiger partial charge in [0.25, 0.3) is 11.6 Å². The minimum Gasteiger partial charge on any atom is -0.495 e. The van der Waals surface area contributed by atoms with Gasteiger partial charge >= 0.3 is 11.7 Å². The lowest BCUT2D eigenvalue weighted by atomic mass is 10.1. The summed E-state index contributed by atoms with van der Waals surface area (Å²) >= 11 is 0. The number of furan rings is 1. The van der Waals surface area contributed by atoms with Crippen LogP contribution in [0.1, 0.15) is 0 Å². The van der Waals surface area contributed by atoms with Gasteiger partial charge in [0, 0.05) is 22.9 Å². The van der Waals surface area contributed by atoms with Crippen LogP contribution in [0.25, 0.3) is 33.0 Å². The van der Waals surface area contributed by atoms with Gasteiger partial charge in [0.15, 0.2) is 12.2 Å². The van der Waals surface area contributed by atoms with Crippen LogP contribution in [0, 0.1) is 10.1 Å². The molecular weight excluding hydrogens is 474 g/mol. The van der Waals surface area contributed by atoms with Gasteiger partial charge in [0.1, 0.15) is 23.5 Å². The van der Waals surface area contributed by atoms with Crippen LogP contribution in [0.15, 0.2) is 68.2 Å². The Morgan fingerprint density at radius 2 is 1.83 bits per heavy atom. The molecule has 0 radical (unpaired) electrons. The van der Waals surface area contributed by atoms with E-state index in [9.17, 15) is 24.5 Å². The van der Waals surface area contributed by atoms with Crippen molar-refractivity contribution in [3.05, 3.63) is 75.3 Å². The fraction of sp³-hybridized carbons (Fsp3) is 0.125. The fourth-order valence-corrected chi connectivity index (χ4v) is 3.84. The molecule has 0 saturated heterocycles. The minimum atomic E-state index is -0.893. The summed E-state index contributed by atoms with van der Waals surface area (Å²) in [6, 6.07) is 14.4. The van der Waals surface area contributed by atoms with Gasteiger partial charge < -0.3 is 23.6 Å². The third-order valence-corrected chi connectivity index (χ3v) is 5.49. The Bertz CT molecular complexity index is 1730. The van der Waals surface area contributed by atoms with Gasteiger partial charge in [-0.2, -0.15) is 0 Å². The molecule has 0 fully saturated rings. The molecule has 0 aliphatic carbocycles. The molecular formula is C24H17N3O9. The minimum absolute atomic E-state index is 0.0483. The number of benzene rings is 3. The maximum absolute atomic E-state index is 12.5. The van der Waals surface area contributed by atoms with Crippen molar-refractivity contribution >= 4 is 56.3 Å². The second kappa shape index (κ2) is 8.91. The average molecular weight is 491 g/mol. The van der Waals surface area contributed by atoms with Crippen molar-refractivity contribution in [1.82, 2.24) is 4.57 Å². The van der Waals surface area contributed by atoms with Crippen LogP contribution in [-0.4, -0.2) is 35.1 Å². The van der Waals surface area contributed by atoms with Crippen LogP contribution in [0.2, 0.25) is 0 Å². The van der Waals surface area contributed by atoms with Gasteiger partial charge in [0.2, 0.25) is 0 Å². The van der Waals surface area contributed by atoms with Crippen LogP contribution < -0.4 is 15.8 Å². The van der Waals surface area contributed by atoms with E-state index in [0.29, 0.717) is 22.6 Å². The molecule has 2 heterocycles. The number of anilines is 1. The van der Waals surface area contributed by atoms with Crippen molar-refractivity contribution in [1.29, 1.82) is 0 Å². The van der Waals surface area contributed by atoms with Gasteiger partial charge in [-0.05, 0) is 18.2 Å². The molecule has 0 atom stereocenters. The van der Waals surface area contributed by atoms with Gasteiger partial charge in [-0.3, -0.25) is 24.3 Å². The summed E-state index contributed by atoms with van der Waals surface area (Å²) in [5, 5.41) is 15.2. The fourth-order valence-electron chi connectivity index (χ4n) is 3.84. The first kappa shape index (κ1) is 22.7. The maximum Gasteiger partial charge on any atom is 0.420 e. The smallest absolute Gasteiger partial charge is 0.420 e. The number of esters is 1. The van der Waals surface area contributed by atoms with Crippen LogP contribution in [-0.2, 0) is 20.9 Å². The van der Waals surface area contributed by atoms with E-state index >= 15 is 0 Å². The lowest BCUT2D eigenvalue weighted by Crippen LogP contribution is -2.26. The molecule has 3 aromatic carbocycles. The number of ether oxygens (including phenoxy) is 2. The number of nitro benzene ring substituents is 1. The first-order valence-electron chi connectivity index (χ1n) is 10.6. The van der Waals surface area contributed by atoms with E-state index in [-0.39, 0.29) is 16.8 Å². The van der Waals surface area contributed by atoms with Gasteiger partial charge in [-0.25, -0.2) is 4.79 Å². The normalized spacial score (nSPS) is 11.1. The van der Waals surface area contributed by atoms with Gasteiger partial charge in [-0.15, -0.1) is 0 Å². The summed E-state index contributed by atoms with van der Waals surface area (Å²) in [4.78, 5) is 47.1. The van der Waals surface area contributed by atoms with E-state index in [1.807, 2.05) is 24.3 Å². The van der Waals surface area contributed by atoms with E-state index < -0.39 is 35.7 Å². The number of hydrogen-bond donors (Lipinski definition) is 1. The van der Waals surface area contributed by atoms with E-state index in [4.69, 9.17) is 18.3 Å². The van der Waals surface area contributed by atoms with E-state index in [1.165, 1.54) is 19.2 Å². The number of amides is 1. The Labute approximate surface area is 200 Å². The number of nitro groups is 1. The predicted molar refractivity (Wildman–Crippen MR) is 127 cm³/mol. The highest BCUT2D eigenvalue weighted by Crippen LogP contribution is 2.36. The molecule has 36 heavy (non-hydrogen) atoms. The summed E-state index contributed by atoms with van der Waals surface area (Å²) in [5.74, 6) is -2.03. The Morgan fingerprint density at radius 1 is 1.03 bits per heavy atom. The van der Waals surface area contributed by atoms with Gasteiger partial charge in [-0.1, -0.05) is 18.2 Å². The van der Waals surface area contributed by atoms with Crippen LogP contribution in [0.3, 0.4) is 0 Å². The van der Waals surface area contributed by atoms with Crippen molar-refractivity contribution in [3.8, 4) is 5.75 Å². The summed E-state index contributed by atoms with van der Waals surface area (Å²) in [5.41, 5.74) is 1.41. The van der Waals surface area contributed by atoms with Crippen LogP contribution in [0.4, 0.5) is 11.4 Å². The molecule has 0 saturated carbocycles. The summed E-state index contributed by atoms with van der Waals surface area (Å²) < 4.78 is 22.1. The molecule has 0 aliphatic rings. The Kier molecular flexibility index (Phi) is 5.60. The molecule has 0 unspecified atom stereocenters. The molecule has 182 valence electrons. The lowest BCUT2D eigenvalue weighted by Gasteiger charge is -2.11. The van der Waals surface area contributed by atoms with Crippen molar-refractivity contribution in [2.24, 2.45) is 0 Å². The molecule has 12 heteroatoms. The van der Waals surface area contributed by atoms with Gasteiger partial charge in [0.05, 0.1) is 29.3 Å². The zero-order chi connectivity index (χ0) is 25.4. The van der Waals surface area contributed by atoms with E-state index in [1.54, 1.807) is 12.1 Å². The number of non-ortho nitro benzene ring substituents is 1. The number of rotatable bonds is 7. The first-order valence-corrected chi connectivity index (χ1v) is 10.6. The number of fused-ring (bicyclic) bond motifs is 4. The zero-order valence-corrected chi connectivity index (χ0v) is 18.7. The number of para-hydroxylation sites is 1. The second-order valence-corrected chi connectivity index (χ2v) is 7.72. The Morgan fingerprint density at radius 3 is 2.61 bits per heavy atom. The highest BCUT2D eigenvalue weighted by molar-refractivity contribution is 6.07. The lowest BCUT2D eigenvalue weighted by molar-refractivity contribution is -0.384.